The summed E-state index contributed by atoms with van der Waals surface area (Å²) in [6.07, 6.45) is 0.765. The molecule has 1 heterocycles. The number of rotatable bonds is 3. The lowest BCUT2D eigenvalue weighted by Crippen LogP contribution is -2.34. The molecule has 1 N–H and O–H groups in total. The van der Waals surface area contributed by atoms with Crippen LogP contribution in [0.2, 0.25) is 0 Å². The average Bonchev–Trinajstić information content (AvgIpc) is 2.50. The standard InChI is InChI=1S/C12H18O3/c1-5-7-8-9(13)11-10(6-2)14-12(3,4)15-11/h6,9-11,13H,2,8H2,1,3-4H3/t9-,10+,11-/m1/s1. The van der Waals surface area contributed by atoms with E-state index in [0.717, 1.165) is 0 Å². The van der Waals surface area contributed by atoms with Crippen LogP contribution in [0.1, 0.15) is 27.2 Å². The average molecular weight is 210 g/mol. The maximum atomic E-state index is 9.86. The number of hydrogen-bond acceptors (Lipinski definition) is 3. The van der Waals surface area contributed by atoms with E-state index in [2.05, 4.69) is 18.4 Å². The maximum absolute atomic E-state index is 9.86. The second-order valence-corrected chi connectivity index (χ2v) is 4.00. The summed E-state index contributed by atoms with van der Waals surface area (Å²) in [7, 11) is 0. The van der Waals surface area contributed by atoms with Crippen molar-refractivity contribution in [3.05, 3.63) is 12.7 Å². The molecule has 1 rings (SSSR count). The zero-order valence-corrected chi connectivity index (χ0v) is 9.49. The van der Waals surface area contributed by atoms with Gasteiger partial charge in [0.15, 0.2) is 5.79 Å². The molecule has 0 radical (unpaired) electrons. The molecular formula is C12H18O3. The van der Waals surface area contributed by atoms with E-state index in [9.17, 15) is 5.11 Å². The molecule has 3 atom stereocenters. The molecule has 0 aromatic rings. The van der Waals surface area contributed by atoms with Gasteiger partial charge in [-0.2, -0.15) is 0 Å². The van der Waals surface area contributed by atoms with E-state index in [1.54, 1.807) is 13.0 Å². The molecule has 0 spiro atoms. The van der Waals surface area contributed by atoms with Crippen LogP contribution in [0.3, 0.4) is 0 Å². The van der Waals surface area contributed by atoms with E-state index in [1.807, 2.05) is 13.8 Å². The molecule has 3 heteroatoms. The smallest absolute Gasteiger partial charge is 0.164 e. The van der Waals surface area contributed by atoms with Gasteiger partial charge in [-0.25, -0.2) is 0 Å². The monoisotopic (exact) mass is 210 g/mol. The van der Waals surface area contributed by atoms with Crippen LogP contribution in [0, 0.1) is 11.8 Å². The van der Waals surface area contributed by atoms with Crippen LogP contribution in [0.25, 0.3) is 0 Å². The minimum atomic E-state index is -0.663. The van der Waals surface area contributed by atoms with Gasteiger partial charge in [-0.3, -0.25) is 0 Å². The largest absolute Gasteiger partial charge is 0.389 e. The maximum Gasteiger partial charge on any atom is 0.164 e. The van der Waals surface area contributed by atoms with Gasteiger partial charge in [-0.1, -0.05) is 6.08 Å². The quantitative estimate of drug-likeness (QED) is 0.566. The number of aliphatic hydroxyl groups excluding tert-OH is 1. The third-order valence-corrected chi connectivity index (χ3v) is 2.26. The summed E-state index contributed by atoms with van der Waals surface area (Å²) in [5, 5.41) is 9.86. The van der Waals surface area contributed by atoms with Crippen molar-refractivity contribution in [1.82, 2.24) is 0 Å². The second-order valence-electron chi connectivity index (χ2n) is 4.00. The SMILES string of the molecule is C=C[C@@H]1OC(C)(C)O[C@@H]1[C@H](O)CC#CC. The summed E-state index contributed by atoms with van der Waals surface area (Å²) in [4.78, 5) is 0. The van der Waals surface area contributed by atoms with Crippen LogP contribution in [-0.2, 0) is 9.47 Å². The zero-order valence-electron chi connectivity index (χ0n) is 9.49. The highest BCUT2D eigenvalue weighted by Gasteiger charge is 2.42. The fourth-order valence-corrected chi connectivity index (χ4v) is 1.62. The lowest BCUT2D eigenvalue weighted by Gasteiger charge is -2.19. The van der Waals surface area contributed by atoms with Crippen LogP contribution in [0.15, 0.2) is 12.7 Å². The van der Waals surface area contributed by atoms with Crippen molar-refractivity contribution in [2.45, 2.75) is 51.3 Å². The summed E-state index contributed by atoms with van der Waals surface area (Å²) < 4.78 is 11.2. The zero-order chi connectivity index (χ0) is 11.5. The van der Waals surface area contributed by atoms with Crippen molar-refractivity contribution in [3.8, 4) is 11.8 Å². The molecule has 0 saturated carbocycles. The summed E-state index contributed by atoms with van der Waals surface area (Å²) in [5.41, 5.74) is 0. The topological polar surface area (TPSA) is 38.7 Å². The fourth-order valence-electron chi connectivity index (χ4n) is 1.62. The van der Waals surface area contributed by atoms with E-state index in [0.29, 0.717) is 6.42 Å². The van der Waals surface area contributed by atoms with Gasteiger partial charge in [0.1, 0.15) is 12.2 Å². The summed E-state index contributed by atoms with van der Waals surface area (Å²) in [6, 6.07) is 0. The highest BCUT2D eigenvalue weighted by Crippen LogP contribution is 2.31. The first-order chi connectivity index (χ1) is 7.00. The van der Waals surface area contributed by atoms with Gasteiger partial charge in [0.05, 0.1) is 6.10 Å². The Morgan fingerprint density at radius 1 is 1.53 bits per heavy atom. The Balaban J connectivity index is 2.66. The minimum absolute atomic E-state index is 0.270. The summed E-state index contributed by atoms with van der Waals surface area (Å²) in [5.74, 6) is 4.91. The summed E-state index contributed by atoms with van der Waals surface area (Å²) in [6.45, 7) is 9.06. The molecule has 0 bridgehead atoms. The Kier molecular flexibility index (Phi) is 3.92. The molecule has 84 valence electrons. The Labute approximate surface area is 91.1 Å². The molecular weight excluding hydrogens is 192 g/mol. The molecule has 0 aliphatic carbocycles. The van der Waals surface area contributed by atoms with Crippen molar-refractivity contribution >= 4 is 0 Å². The Morgan fingerprint density at radius 2 is 2.20 bits per heavy atom. The molecule has 1 aliphatic heterocycles. The van der Waals surface area contributed by atoms with Gasteiger partial charge >= 0.3 is 0 Å². The van der Waals surface area contributed by atoms with Gasteiger partial charge < -0.3 is 14.6 Å². The summed E-state index contributed by atoms with van der Waals surface area (Å²) >= 11 is 0. The van der Waals surface area contributed by atoms with Crippen LogP contribution in [0.4, 0.5) is 0 Å². The third-order valence-electron chi connectivity index (χ3n) is 2.26. The van der Waals surface area contributed by atoms with Crippen molar-refractivity contribution < 1.29 is 14.6 Å². The molecule has 0 amide bonds. The molecule has 1 fully saturated rings. The highest BCUT2D eigenvalue weighted by atomic mass is 16.8. The van der Waals surface area contributed by atoms with E-state index in [1.165, 1.54) is 0 Å². The Morgan fingerprint density at radius 3 is 2.73 bits per heavy atom. The number of hydrogen-bond donors (Lipinski definition) is 1. The van der Waals surface area contributed by atoms with Crippen LogP contribution in [0.5, 0.6) is 0 Å². The first kappa shape index (κ1) is 12.3. The van der Waals surface area contributed by atoms with E-state index >= 15 is 0 Å². The lowest BCUT2D eigenvalue weighted by molar-refractivity contribution is -0.152. The molecule has 0 unspecified atom stereocenters. The molecule has 0 aromatic carbocycles. The lowest BCUT2D eigenvalue weighted by atomic mass is 10.1. The number of aliphatic hydroxyl groups is 1. The van der Waals surface area contributed by atoms with E-state index < -0.39 is 11.9 Å². The molecule has 15 heavy (non-hydrogen) atoms. The first-order valence-electron chi connectivity index (χ1n) is 5.06. The molecule has 1 saturated heterocycles. The predicted octanol–water partition coefficient (Wildman–Crippen LogP) is 1.47. The first-order valence-corrected chi connectivity index (χ1v) is 5.06. The van der Waals surface area contributed by atoms with Crippen LogP contribution < -0.4 is 0 Å². The van der Waals surface area contributed by atoms with Crippen LogP contribution >= 0.6 is 0 Å². The van der Waals surface area contributed by atoms with Gasteiger partial charge in [0, 0.05) is 6.42 Å². The van der Waals surface area contributed by atoms with Crippen LogP contribution in [-0.4, -0.2) is 29.2 Å². The molecule has 0 aromatic heterocycles. The minimum Gasteiger partial charge on any atom is -0.389 e. The van der Waals surface area contributed by atoms with E-state index in [4.69, 9.17) is 9.47 Å². The number of ether oxygens (including phenoxy) is 2. The Bertz CT molecular complexity index is 285. The van der Waals surface area contributed by atoms with Gasteiger partial charge in [0.2, 0.25) is 0 Å². The van der Waals surface area contributed by atoms with Crippen molar-refractivity contribution in [1.29, 1.82) is 0 Å². The predicted molar refractivity (Wildman–Crippen MR) is 58.1 cm³/mol. The molecule has 3 nitrogen and oxygen atoms in total. The van der Waals surface area contributed by atoms with Gasteiger partial charge in [-0.15, -0.1) is 18.4 Å². The third kappa shape index (κ3) is 3.07. The Hall–Kier alpha value is -0.820. The highest BCUT2D eigenvalue weighted by molar-refractivity contribution is 5.02. The molecule has 1 aliphatic rings. The van der Waals surface area contributed by atoms with Gasteiger partial charge in [0.25, 0.3) is 0 Å². The second kappa shape index (κ2) is 4.80. The van der Waals surface area contributed by atoms with Crippen molar-refractivity contribution in [2.24, 2.45) is 0 Å². The van der Waals surface area contributed by atoms with Crippen molar-refractivity contribution in [3.63, 3.8) is 0 Å². The normalized spacial score (nSPS) is 30.4. The van der Waals surface area contributed by atoms with Gasteiger partial charge in [-0.05, 0) is 20.8 Å². The van der Waals surface area contributed by atoms with Crippen molar-refractivity contribution in [2.75, 3.05) is 0 Å². The fraction of sp³-hybridized carbons (Fsp3) is 0.667. The van der Waals surface area contributed by atoms with E-state index in [-0.39, 0.29) is 12.2 Å².